The summed E-state index contributed by atoms with van der Waals surface area (Å²) in [5.74, 6) is 1.94. The molecular weight excluding hydrogens is 414 g/mol. The molecule has 180 valence electrons. The van der Waals surface area contributed by atoms with Gasteiger partial charge in [0.15, 0.2) is 0 Å². The minimum Gasteiger partial charge on any atom is -0.353 e. The molecule has 0 aliphatic carbocycles. The Hall–Kier alpha value is -1.59. The summed E-state index contributed by atoms with van der Waals surface area (Å²) >= 11 is 1.76. The van der Waals surface area contributed by atoms with E-state index in [0.717, 1.165) is 55.2 Å². The second-order valence-electron chi connectivity index (χ2n) is 8.97. The number of nitrogens with one attached hydrogen (secondary N) is 1. The van der Waals surface area contributed by atoms with Gasteiger partial charge in [-0.05, 0) is 67.9 Å². The zero-order valence-electron chi connectivity index (χ0n) is 21.2. The van der Waals surface area contributed by atoms with Crippen LogP contribution in [0.4, 0.5) is 5.69 Å². The van der Waals surface area contributed by atoms with Crippen LogP contribution in [0.5, 0.6) is 0 Å². The molecule has 1 rings (SSSR count). The quantitative estimate of drug-likeness (QED) is 0.127. The summed E-state index contributed by atoms with van der Waals surface area (Å²) in [5.41, 5.74) is 3.43. The van der Waals surface area contributed by atoms with Gasteiger partial charge in [-0.15, -0.1) is 11.8 Å². The Morgan fingerprint density at radius 3 is 2.44 bits per heavy atom. The van der Waals surface area contributed by atoms with Gasteiger partial charge in [-0.1, -0.05) is 66.2 Å². The summed E-state index contributed by atoms with van der Waals surface area (Å²) < 4.78 is 0. The largest absolute Gasteiger partial charge is 0.353 e. The molecule has 1 amide bonds. The van der Waals surface area contributed by atoms with Crippen LogP contribution in [0.25, 0.3) is 0 Å². The minimum absolute atomic E-state index is 0.143. The van der Waals surface area contributed by atoms with Gasteiger partial charge in [-0.2, -0.15) is 0 Å². The SMILES string of the molecule is C=Nc1ccc(C(C)C)cc1SCCCC(=O)NC(CC(=C)CN(CC)CC)C(C)CC. The van der Waals surface area contributed by atoms with Crippen molar-refractivity contribution in [1.82, 2.24) is 10.2 Å². The van der Waals surface area contributed by atoms with Crippen LogP contribution < -0.4 is 5.32 Å². The molecule has 32 heavy (non-hydrogen) atoms. The van der Waals surface area contributed by atoms with Crippen LogP contribution in [-0.4, -0.2) is 49.0 Å². The smallest absolute Gasteiger partial charge is 0.220 e. The highest BCUT2D eigenvalue weighted by Crippen LogP contribution is 2.33. The molecule has 0 bridgehead atoms. The van der Waals surface area contributed by atoms with E-state index in [1.165, 1.54) is 11.1 Å². The molecule has 0 aliphatic heterocycles. The molecule has 0 fully saturated rings. The standard InChI is InChI=1S/C27H45N3OS/c1-9-22(7)25(17-21(6)19-30(10-2)11-3)29-27(31)13-12-16-32-26-18-23(20(4)5)14-15-24(26)28-8/h14-15,18,20,22,25H,6,8-13,16-17,19H2,1-5,7H3,(H,29,31). The summed E-state index contributed by atoms with van der Waals surface area (Å²) in [6, 6.07) is 6.52. The van der Waals surface area contributed by atoms with Gasteiger partial charge in [0, 0.05) is 23.9 Å². The highest BCUT2D eigenvalue weighted by Gasteiger charge is 2.20. The maximum Gasteiger partial charge on any atom is 0.220 e. The molecule has 0 radical (unpaired) electrons. The lowest BCUT2D eigenvalue weighted by Crippen LogP contribution is -2.40. The van der Waals surface area contributed by atoms with Gasteiger partial charge in [0.05, 0.1) is 5.69 Å². The van der Waals surface area contributed by atoms with E-state index in [1.807, 2.05) is 6.07 Å². The van der Waals surface area contributed by atoms with Gasteiger partial charge in [0.1, 0.15) is 0 Å². The Morgan fingerprint density at radius 2 is 1.88 bits per heavy atom. The van der Waals surface area contributed by atoms with Gasteiger partial charge in [0.2, 0.25) is 5.91 Å². The number of hydrogen-bond acceptors (Lipinski definition) is 4. The van der Waals surface area contributed by atoms with Gasteiger partial charge < -0.3 is 5.32 Å². The molecule has 4 nitrogen and oxygen atoms in total. The Bertz CT molecular complexity index is 728. The molecule has 0 spiro atoms. The van der Waals surface area contributed by atoms with E-state index < -0.39 is 0 Å². The number of amides is 1. The average molecular weight is 460 g/mol. The monoisotopic (exact) mass is 459 g/mol. The lowest BCUT2D eigenvalue weighted by atomic mass is 9.93. The predicted octanol–water partition coefficient (Wildman–Crippen LogP) is 6.83. The third kappa shape index (κ3) is 9.91. The highest BCUT2D eigenvalue weighted by atomic mass is 32.2. The fraction of sp³-hybridized carbons (Fsp3) is 0.630. The van der Waals surface area contributed by atoms with Crippen molar-refractivity contribution < 1.29 is 4.79 Å². The number of carbonyl (C=O) groups excluding carboxylic acids is 1. The van der Waals surface area contributed by atoms with Gasteiger partial charge in [0.25, 0.3) is 0 Å². The third-order valence-corrected chi connectivity index (χ3v) is 7.28. The third-order valence-electron chi connectivity index (χ3n) is 6.15. The number of nitrogens with zero attached hydrogens (tertiary/aromatic N) is 2. The van der Waals surface area contributed by atoms with E-state index in [1.54, 1.807) is 11.8 Å². The number of rotatable bonds is 16. The van der Waals surface area contributed by atoms with Crippen molar-refractivity contribution in [2.75, 3.05) is 25.4 Å². The molecule has 0 heterocycles. The van der Waals surface area contributed by atoms with Crippen LogP contribution in [0.2, 0.25) is 0 Å². The molecule has 0 saturated heterocycles. The molecule has 0 aromatic heterocycles. The first-order chi connectivity index (χ1) is 15.2. The van der Waals surface area contributed by atoms with Crippen LogP contribution in [0.1, 0.15) is 78.7 Å². The van der Waals surface area contributed by atoms with E-state index >= 15 is 0 Å². The average Bonchev–Trinajstić information content (AvgIpc) is 2.78. The van der Waals surface area contributed by atoms with E-state index in [0.29, 0.717) is 18.3 Å². The van der Waals surface area contributed by atoms with Crippen LogP contribution in [0.15, 0.2) is 40.2 Å². The first kappa shape index (κ1) is 28.4. The van der Waals surface area contributed by atoms with Crippen molar-refractivity contribution in [3.8, 4) is 0 Å². The Morgan fingerprint density at radius 1 is 1.19 bits per heavy atom. The second-order valence-corrected chi connectivity index (χ2v) is 10.1. The normalized spacial score (nSPS) is 13.2. The molecular formula is C27H45N3OS. The Balaban J connectivity index is 2.57. The maximum absolute atomic E-state index is 12.7. The number of hydrogen-bond donors (Lipinski definition) is 1. The number of thioether (sulfide) groups is 1. The van der Waals surface area contributed by atoms with E-state index in [4.69, 9.17) is 0 Å². The fourth-order valence-corrected chi connectivity index (χ4v) is 4.66. The second kappa shape index (κ2) is 15.3. The molecule has 1 aromatic carbocycles. The summed E-state index contributed by atoms with van der Waals surface area (Å²) in [6.07, 6.45) is 3.28. The van der Waals surface area contributed by atoms with Crippen LogP contribution in [0.3, 0.4) is 0 Å². The fourth-order valence-electron chi connectivity index (χ4n) is 3.65. The van der Waals surface area contributed by atoms with Crippen molar-refractivity contribution in [2.45, 2.75) is 84.1 Å². The number of carbonyl (C=O) groups is 1. The number of aliphatic imine (C=N–C) groups is 1. The van der Waals surface area contributed by atoms with Crippen molar-refractivity contribution in [3.05, 3.63) is 35.9 Å². The van der Waals surface area contributed by atoms with E-state index in [9.17, 15) is 4.79 Å². The topological polar surface area (TPSA) is 44.7 Å². The van der Waals surface area contributed by atoms with Crippen LogP contribution in [-0.2, 0) is 4.79 Å². The molecule has 2 atom stereocenters. The highest BCUT2D eigenvalue weighted by molar-refractivity contribution is 7.99. The van der Waals surface area contributed by atoms with Crippen molar-refractivity contribution in [1.29, 1.82) is 0 Å². The van der Waals surface area contributed by atoms with Gasteiger partial charge in [-0.3, -0.25) is 14.7 Å². The predicted molar refractivity (Wildman–Crippen MR) is 143 cm³/mol. The van der Waals surface area contributed by atoms with Crippen LogP contribution >= 0.6 is 11.8 Å². The lowest BCUT2D eigenvalue weighted by molar-refractivity contribution is -0.122. The molecule has 1 N–H and O–H groups in total. The molecule has 0 saturated carbocycles. The summed E-state index contributed by atoms with van der Waals surface area (Å²) in [6.45, 7) is 24.1. The Kier molecular flexibility index (Phi) is 13.6. The van der Waals surface area contributed by atoms with Gasteiger partial charge in [-0.25, -0.2) is 0 Å². The minimum atomic E-state index is 0.143. The van der Waals surface area contributed by atoms with Crippen molar-refractivity contribution >= 4 is 30.1 Å². The summed E-state index contributed by atoms with van der Waals surface area (Å²) in [5, 5.41) is 3.30. The Labute approximate surface area is 201 Å². The molecule has 2 unspecified atom stereocenters. The zero-order chi connectivity index (χ0) is 24.1. The van der Waals surface area contributed by atoms with Crippen molar-refractivity contribution in [3.63, 3.8) is 0 Å². The molecule has 1 aromatic rings. The van der Waals surface area contributed by atoms with E-state index in [-0.39, 0.29) is 11.9 Å². The number of benzene rings is 1. The first-order valence-corrected chi connectivity index (χ1v) is 13.2. The maximum atomic E-state index is 12.7. The van der Waals surface area contributed by atoms with Crippen molar-refractivity contribution in [2.24, 2.45) is 10.9 Å². The zero-order valence-corrected chi connectivity index (χ0v) is 22.1. The van der Waals surface area contributed by atoms with Gasteiger partial charge >= 0.3 is 0 Å². The summed E-state index contributed by atoms with van der Waals surface area (Å²) in [4.78, 5) is 20.4. The molecule has 5 heteroatoms. The number of likely N-dealkylation sites (N-methyl/N-ethyl adjacent to an activating group) is 1. The lowest BCUT2D eigenvalue weighted by Gasteiger charge is -2.27. The van der Waals surface area contributed by atoms with Crippen LogP contribution in [0, 0.1) is 5.92 Å². The van der Waals surface area contributed by atoms with E-state index in [2.05, 4.69) is 82.2 Å². The summed E-state index contributed by atoms with van der Waals surface area (Å²) in [7, 11) is 0. The first-order valence-electron chi connectivity index (χ1n) is 12.2. The molecule has 0 aliphatic rings.